The number of para-hydroxylation sites is 1. The van der Waals surface area contributed by atoms with Gasteiger partial charge in [-0.25, -0.2) is 4.79 Å². The van der Waals surface area contributed by atoms with E-state index >= 15 is 0 Å². The van der Waals surface area contributed by atoms with Gasteiger partial charge in [0, 0.05) is 18.7 Å². The number of carboxylic acid groups (broad SMARTS) is 1. The Morgan fingerprint density at radius 2 is 1.56 bits per heavy atom. The van der Waals surface area contributed by atoms with Crippen molar-refractivity contribution in [2.24, 2.45) is 5.92 Å². The molecule has 27 heavy (non-hydrogen) atoms. The SMILES string of the molecule is CC1CCN(C(=O)c2ccccc2NC(=O)c2ccc(C(=O)O)cc2)CC1. The number of anilines is 1. The molecule has 140 valence electrons. The van der Waals surface area contributed by atoms with Crippen molar-refractivity contribution >= 4 is 23.5 Å². The van der Waals surface area contributed by atoms with Gasteiger partial charge < -0.3 is 15.3 Å². The quantitative estimate of drug-likeness (QED) is 0.867. The van der Waals surface area contributed by atoms with Crippen LogP contribution in [0.5, 0.6) is 0 Å². The molecule has 0 atom stereocenters. The van der Waals surface area contributed by atoms with Crippen LogP contribution in [0.3, 0.4) is 0 Å². The lowest BCUT2D eigenvalue weighted by Crippen LogP contribution is -2.38. The lowest BCUT2D eigenvalue weighted by Gasteiger charge is -2.30. The highest BCUT2D eigenvalue weighted by molar-refractivity contribution is 6.09. The van der Waals surface area contributed by atoms with Gasteiger partial charge in [0.2, 0.25) is 0 Å². The van der Waals surface area contributed by atoms with Crippen LogP contribution in [0.4, 0.5) is 5.69 Å². The van der Waals surface area contributed by atoms with E-state index in [2.05, 4.69) is 12.2 Å². The zero-order valence-corrected chi connectivity index (χ0v) is 15.1. The minimum Gasteiger partial charge on any atom is -0.478 e. The first kappa shape index (κ1) is 18.6. The molecule has 0 saturated carbocycles. The molecular formula is C21H22N2O4. The molecule has 1 aliphatic heterocycles. The van der Waals surface area contributed by atoms with Crippen molar-refractivity contribution in [1.29, 1.82) is 0 Å². The van der Waals surface area contributed by atoms with Crippen LogP contribution in [0.15, 0.2) is 48.5 Å². The molecule has 2 amide bonds. The first-order valence-corrected chi connectivity index (χ1v) is 8.98. The summed E-state index contributed by atoms with van der Waals surface area (Å²) in [5, 5.41) is 11.7. The molecule has 3 rings (SSSR count). The van der Waals surface area contributed by atoms with Crippen LogP contribution in [0, 0.1) is 5.92 Å². The summed E-state index contributed by atoms with van der Waals surface area (Å²) < 4.78 is 0. The van der Waals surface area contributed by atoms with Crippen molar-refractivity contribution in [3.8, 4) is 0 Å². The number of carboxylic acids is 1. The Morgan fingerprint density at radius 3 is 2.19 bits per heavy atom. The van der Waals surface area contributed by atoms with Gasteiger partial charge in [0.05, 0.1) is 16.8 Å². The number of likely N-dealkylation sites (tertiary alicyclic amines) is 1. The van der Waals surface area contributed by atoms with E-state index in [-0.39, 0.29) is 17.4 Å². The summed E-state index contributed by atoms with van der Waals surface area (Å²) in [4.78, 5) is 38.1. The summed E-state index contributed by atoms with van der Waals surface area (Å²) in [6.45, 7) is 3.63. The van der Waals surface area contributed by atoms with E-state index in [1.54, 1.807) is 24.3 Å². The molecular weight excluding hydrogens is 344 g/mol. The van der Waals surface area contributed by atoms with E-state index in [0.29, 0.717) is 22.7 Å². The molecule has 0 spiro atoms. The van der Waals surface area contributed by atoms with Gasteiger partial charge in [-0.3, -0.25) is 9.59 Å². The normalized spacial score (nSPS) is 14.6. The smallest absolute Gasteiger partial charge is 0.335 e. The van der Waals surface area contributed by atoms with Gasteiger partial charge in [0.15, 0.2) is 0 Å². The van der Waals surface area contributed by atoms with E-state index < -0.39 is 5.97 Å². The van der Waals surface area contributed by atoms with E-state index in [0.717, 1.165) is 25.9 Å². The number of carbonyl (C=O) groups excluding carboxylic acids is 2. The van der Waals surface area contributed by atoms with Gasteiger partial charge in [-0.15, -0.1) is 0 Å². The number of hydrogen-bond acceptors (Lipinski definition) is 3. The number of nitrogens with one attached hydrogen (secondary N) is 1. The van der Waals surface area contributed by atoms with Crippen molar-refractivity contribution in [3.63, 3.8) is 0 Å². The van der Waals surface area contributed by atoms with Crippen LogP contribution in [0.2, 0.25) is 0 Å². The van der Waals surface area contributed by atoms with Crippen molar-refractivity contribution in [2.45, 2.75) is 19.8 Å². The van der Waals surface area contributed by atoms with E-state index in [4.69, 9.17) is 5.11 Å². The van der Waals surface area contributed by atoms with Crippen molar-refractivity contribution in [2.75, 3.05) is 18.4 Å². The van der Waals surface area contributed by atoms with Gasteiger partial charge >= 0.3 is 5.97 Å². The van der Waals surface area contributed by atoms with Gasteiger partial charge in [-0.1, -0.05) is 19.1 Å². The summed E-state index contributed by atoms with van der Waals surface area (Å²) in [6, 6.07) is 12.6. The molecule has 6 heteroatoms. The average Bonchev–Trinajstić information content (AvgIpc) is 2.68. The minimum absolute atomic E-state index is 0.0842. The maximum atomic E-state index is 12.9. The Kier molecular flexibility index (Phi) is 5.54. The van der Waals surface area contributed by atoms with Gasteiger partial charge in [-0.2, -0.15) is 0 Å². The van der Waals surface area contributed by atoms with Gasteiger partial charge in [-0.05, 0) is 55.2 Å². The first-order valence-electron chi connectivity index (χ1n) is 8.98. The number of amides is 2. The second-order valence-electron chi connectivity index (χ2n) is 6.86. The molecule has 1 aliphatic rings. The Balaban J connectivity index is 1.76. The third-order valence-electron chi connectivity index (χ3n) is 4.87. The van der Waals surface area contributed by atoms with Crippen molar-refractivity contribution < 1.29 is 19.5 Å². The molecule has 0 aromatic heterocycles. The van der Waals surface area contributed by atoms with Crippen LogP contribution < -0.4 is 5.32 Å². The maximum absolute atomic E-state index is 12.9. The van der Waals surface area contributed by atoms with Crippen LogP contribution in [0.25, 0.3) is 0 Å². The van der Waals surface area contributed by atoms with E-state index in [1.807, 2.05) is 4.90 Å². The molecule has 0 bridgehead atoms. The Labute approximate surface area is 157 Å². The standard InChI is InChI=1S/C21H22N2O4/c1-14-10-12-23(13-11-14)20(25)17-4-2-3-5-18(17)22-19(24)15-6-8-16(9-7-15)21(26)27/h2-9,14H,10-13H2,1H3,(H,22,24)(H,26,27). The van der Waals surface area contributed by atoms with Crippen molar-refractivity contribution in [3.05, 3.63) is 65.2 Å². The fraction of sp³-hybridized carbons (Fsp3) is 0.286. The lowest BCUT2D eigenvalue weighted by molar-refractivity contribution is 0.0688. The van der Waals surface area contributed by atoms with Crippen molar-refractivity contribution in [1.82, 2.24) is 4.90 Å². The first-order chi connectivity index (χ1) is 13.0. The van der Waals surface area contributed by atoms with E-state index in [9.17, 15) is 14.4 Å². The van der Waals surface area contributed by atoms with E-state index in [1.165, 1.54) is 24.3 Å². The second kappa shape index (κ2) is 8.03. The Bertz CT molecular complexity index is 853. The minimum atomic E-state index is -1.05. The van der Waals surface area contributed by atoms with Crippen LogP contribution in [-0.2, 0) is 0 Å². The highest BCUT2D eigenvalue weighted by Crippen LogP contribution is 2.22. The molecule has 6 nitrogen and oxygen atoms in total. The third kappa shape index (κ3) is 4.34. The molecule has 0 unspecified atom stereocenters. The lowest BCUT2D eigenvalue weighted by atomic mass is 9.98. The predicted octanol–water partition coefficient (Wildman–Crippen LogP) is 3.51. The number of hydrogen-bond donors (Lipinski definition) is 2. The number of benzene rings is 2. The average molecular weight is 366 g/mol. The number of nitrogens with zero attached hydrogens (tertiary/aromatic N) is 1. The Morgan fingerprint density at radius 1 is 0.963 bits per heavy atom. The van der Waals surface area contributed by atoms with Gasteiger partial charge in [0.1, 0.15) is 0 Å². The predicted molar refractivity (Wildman–Crippen MR) is 102 cm³/mol. The summed E-state index contributed by atoms with van der Waals surface area (Å²) in [7, 11) is 0. The molecule has 2 aromatic carbocycles. The highest BCUT2D eigenvalue weighted by atomic mass is 16.4. The molecule has 1 heterocycles. The van der Waals surface area contributed by atoms with Gasteiger partial charge in [0.25, 0.3) is 11.8 Å². The maximum Gasteiger partial charge on any atom is 0.335 e. The molecule has 0 aliphatic carbocycles. The number of piperidine rings is 1. The molecule has 2 N–H and O–H groups in total. The summed E-state index contributed by atoms with van der Waals surface area (Å²) in [6.07, 6.45) is 1.96. The van der Waals surface area contributed by atoms with Crippen LogP contribution in [-0.4, -0.2) is 40.9 Å². The molecule has 2 aromatic rings. The third-order valence-corrected chi connectivity index (χ3v) is 4.87. The number of carbonyl (C=O) groups is 3. The number of aromatic carboxylic acids is 1. The number of rotatable bonds is 4. The zero-order valence-electron chi connectivity index (χ0n) is 15.1. The summed E-state index contributed by atoms with van der Waals surface area (Å²) in [5.74, 6) is -0.898. The molecule has 1 fully saturated rings. The largest absolute Gasteiger partial charge is 0.478 e. The van der Waals surface area contributed by atoms with Crippen LogP contribution >= 0.6 is 0 Å². The zero-order chi connectivity index (χ0) is 19.4. The molecule has 1 saturated heterocycles. The van der Waals surface area contributed by atoms with Crippen LogP contribution in [0.1, 0.15) is 50.8 Å². The summed E-state index contributed by atoms with van der Waals surface area (Å²) in [5.41, 5.74) is 1.35. The topological polar surface area (TPSA) is 86.7 Å². The monoisotopic (exact) mass is 366 g/mol. The fourth-order valence-electron chi connectivity index (χ4n) is 3.12. The summed E-state index contributed by atoms with van der Waals surface area (Å²) >= 11 is 0. The second-order valence-corrected chi connectivity index (χ2v) is 6.86. The fourth-order valence-corrected chi connectivity index (χ4v) is 3.12. The highest BCUT2D eigenvalue weighted by Gasteiger charge is 2.23. The Hall–Kier alpha value is -3.15. The molecule has 0 radical (unpaired) electrons.